The van der Waals surface area contributed by atoms with Crippen molar-refractivity contribution in [3.05, 3.63) is 54.1 Å². The van der Waals surface area contributed by atoms with Gasteiger partial charge in [0.05, 0.1) is 5.56 Å². The highest BCUT2D eigenvalue weighted by Gasteiger charge is 2.20. The van der Waals surface area contributed by atoms with Gasteiger partial charge in [-0.1, -0.05) is 19.1 Å². The molecule has 0 heterocycles. The molecule has 6 nitrogen and oxygen atoms in total. The first-order valence-corrected chi connectivity index (χ1v) is 8.68. The van der Waals surface area contributed by atoms with Gasteiger partial charge in [-0.25, -0.2) is 0 Å². The van der Waals surface area contributed by atoms with Crippen molar-refractivity contribution >= 4 is 27.5 Å². The lowest BCUT2D eigenvalue weighted by Crippen LogP contribution is -2.12. The molecule has 2 rings (SSSR count). The highest BCUT2D eigenvalue weighted by Crippen LogP contribution is 2.24. The molecule has 0 unspecified atom stereocenters. The van der Waals surface area contributed by atoms with Gasteiger partial charge in [-0.05, 0) is 36.4 Å². The first kappa shape index (κ1) is 17.7. The summed E-state index contributed by atoms with van der Waals surface area (Å²) in [5.74, 6) is -0.467. The zero-order chi connectivity index (χ0) is 17.7. The van der Waals surface area contributed by atoms with E-state index in [1.165, 1.54) is 43.3 Å². The number of benzene rings is 2. The van der Waals surface area contributed by atoms with Crippen molar-refractivity contribution in [3.8, 4) is 5.75 Å². The minimum atomic E-state index is -4.09. The summed E-state index contributed by atoms with van der Waals surface area (Å²) in [7, 11) is -4.09. The highest BCUT2D eigenvalue weighted by molar-refractivity contribution is 7.87. The molecule has 7 heteroatoms. The van der Waals surface area contributed by atoms with E-state index in [4.69, 9.17) is 4.18 Å². The van der Waals surface area contributed by atoms with Gasteiger partial charge in [0.15, 0.2) is 11.5 Å². The predicted octanol–water partition coefficient (Wildman–Crippen LogP) is 3.01. The second-order valence-electron chi connectivity index (χ2n) is 5.02. The predicted molar refractivity (Wildman–Crippen MR) is 89.6 cm³/mol. The lowest BCUT2D eigenvalue weighted by molar-refractivity contribution is -0.114. The molecule has 0 saturated heterocycles. The van der Waals surface area contributed by atoms with E-state index in [0.717, 1.165) is 0 Å². The molecule has 0 saturated carbocycles. The Hall–Kier alpha value is -2.67. The van der Waals surface area contributed by atoms with Crippen LogP contribution in [0.3, 0.4) is 0 Å². The van der Waals surface area contributed by atoms with E-state index in [2.05, 4.69) is 5.32 Å². The van der Waals surface area contributed by atoms with Crippen LogP contribution in [0.2, 0.25) is 0 Å². The molecule has 0 atom stereocenters. The summed E-state index contributed by atoms with van der Waals surface area (Å²) < 4.78 is 29.9. The van der Waals surface area contributed by atoms with E-state index in [-0.39, 0.29) is 34.3 Å². The zero-order valence-corrected chi connectivity index (χ0v) is 14.1. The number of Topliss-reactive ketones (excluding diaryl/α,β-unsaturated/α-hetero) is 1. The summed E-state index contributed by atoms with van der Waals surface area (Å²) in [5, 5.41) is 2.55. The second-order valence-corrected chi connectivity index (χ2v) is 6.56. The molecule has 126 valence electrons. The molecule has 2 aromatic rings. The second kappa shape index (κ2) is 7.27. The van der Waals surface area contributed by atoms with Crippen LogP contribution in [0.15, 0.2) is 53.4 Å². The average Bonchev–Trinajstić information content (AvgIpc) is 2.54. The highest BCUT2D eigenvalue weighted by atomic mass is 32.2. The summed E-state index contributed by atoms with van der Waals surface area (Å²) in [5.41, 5.74) is 0.696. The van der Waals surface area contributed by atoms with Gasteiger partial charge in [0.25, 0.3) is 0 Å². The third-order valence-electron chi connectivity index (χ3n) is 3.17. The number of anilines is 1. The normalized spacial score (nSPS) is 10.9. The van der Waals surface area contributed by atoms with Crippen molar-refractivity contribution in [2.24, 2.45) is 0 Å². The van der Waals surface area contributed by atoms with Gasteiger partial charge >= 0.3 is 10.1 Å². The Kier molecular flexibility index (Phi) is 5.35. The van der Waals surface area contributed by atoms with E-state index in [0.29, 0.717) is 5.69 Å². The van der Waals surface area contributed by atoms with Crippen molar-refractivity contribution in [2.45, 2.75) is 25.2 Å². The quantitative estimate of drug-likeness (QED) is 0.641. The summed E-state index contributed by atoms with van der Waals surface area (Å²) in [6.07, 6.45) is 0.242. The van der Waals surface area contributed by atoms with Crippen LogP contribution in [0.5, 0.6) is 5.75 Å². The number of carbonyl (C=O) groups is 2. The topological polar surface area (TPSA) is 89.5 Å². The Bertz CT molecular complexity index is 857. The summed E-state index contributed by atoms with van der Waals surface area (Å²) in [6, 6.07) is 11.8. The first-order chi connectivity index (χ1) is 11.3. The molecular formula is C17H17NO5S. The summed E-state index contributed by atoms with van der Waals surface area (Å²) >= 11 is 0. The monoisotopic (exact) mass is 347 g/mol. The lowest BCUT2D eigenvalue weighted by atomic mass is 10.1. The van der Waals surface area contributed by atoms with Gasteiger partial charge in [-0.15, -0.1) is 0 Å². The van der Waals surface area contributed by atoms with Crippen molar-refractivity contribution in [1.29, 1.82) is 0 Å². The van der Waals surface area contributed by atoms with Gasteiger partial charge < -0.3 is 9.50 Å². The molecule has 0 aliphatic heterocycles. The van der Waals surface area contributed by atoms with Crippen LogP contribution in [0.25, 0.3) is 0 Å². The fourth-order valence-electron chi connectivity index (χ4n) is 2.03. The Morgan fingerprint density at radius 3 is 2.25 bits per heavy atom. The van der Waals surface area contributed by atoms with E-state index in [9.17, 15) is 18.0 Å². The molecule has 0 aliphatic rings. The number of nitrogens with one attached hydrogen (secondary N) is 1. The van der Waals surface area contributed by atoms with Crippen LogP contribution in [-0.4, -0.2) is 20.1 Å². The van der Waals surface area contributed by atoms with Gasteiger partial charge in [-0.2, -0.15) is 8.42 Å². The maximum Gasteiger partial charge on any atom is 0.339 e. The molecule has 0 aromatic heterocycles. The largest absolute Gasteiger partial charge is 0.378 e. The maximum absolute atomic E-state index is 12.4. The van der Waals surface area contributed by atoms with Crippen LogP contribution in [0.1, 0.15) is 30.6 Å². The van der Waals surface area contributed by atoms with Gasteiger partial charge in [0.2, 0.25) is 5.91 Å². The van der Waals surface area contributed by atoms with E-state index < -0.39 is 10.1 Å². The van der Waals surface area contributed by atoms with Crippen molar-refractivity contribution < 1.29 is 22.2 Å². The van der Waals surface area contributed by atoms with Crippen molar-refractivity contribution in [2.75, 3.05) is 5.32 Å². The first-order valence-electron chi connectivity index (χ1n) is 7.28. The number of ketones is 1. The van der Waals surface area contributed by atoms with Gasteiger partial charge in [0.1, 0.15) is 4.90 Å². The molecule has 24 heavy (non-hydrogen) atoms. The van der Waals surface area contributed by atoms with Crippen molar-refractivity contribution in [1.82, 2.24) is 0 Å². The SMILES string of the molecule is CCC(=O)c1ccccc1OS(=O)(=O)c1ccc(NC(C)=O)cc1. The van der Waals surface area contributed by atoms with Crippen LogP contribution >= 0.6 is 0 Å². The minimum Gasteiger partial charge on any atom is -0.378 e. The summed E-state index contributed by atoms with van der Waals surface area (Å²) in [6.45, 7) is 3.05. The van der Waals surface area contributed by atoms with Gasteiger partial charge in [0, 0.05) is 19.0 Å². The molecule has 2 aromatic carbocycles. The van der Waals surface area contributed by atoms with Crippen LogP contribution in [-0.2, 0) is 14.9 Å². The third-order valence-corrected chi connectivity index (χ3v) is 4.42. The molecular weight excluding hydrogens is 330 g/mol. The molecule has 1 amide bonds. The number of amides is 1. The van der Waals surface area contributed by atoms with Crippen LogP contribution in [0, 0.1) is 0 Å². The molecule has 0 radical (unpaired) electrons. The summed E-state index contributed by atoms with van der Waals surface area (Å²) in [4.78, 5) is 22.8. The average molecular weight is 347 g/mol. The number of para-hydroxylation sites is 1. The Balaban J connectivity index is 2.29. The van der Waals surface area contributed by atoms with Crippen LogP contribution in [0.4, 0.5) is 5.69 Å². The number of rotatable bonds is 6. The molecule has 1 N–H and O–H groups in total. The Labute approximate surface area is 140 Å². The minimum absolute atomic E-state index is 0.00436. The van der Waals surface area contributed by atoms with Crippen molar-refractivity contribution in [3.63, 3.8) is 0 Å². The number of hydrogen-bond acceptors (Lipinski definition) is 5. The maximum atomic E-state index is 12.4. The Morgan fingerprint density at radius 2 is 1.67 bits per heavy atom. The zero-order valence-electron chi connectivity index (χ0n) is 13.3. The Morgan fingerprint density at radius 1 is 1.04 bits per heavy atom. The van der Waals surface area contributed by atoms with E-state index in [1.807, 2.05) is 0 Å². The standard InChI is InChI=1S/C17H17NO5S/c1-3-16(20)15-6-4-5-7-17(15)23-24(21,22)14-10-8-13(9-11-14)18-12(2)19/h4-11H,3H2,1-2H3,(H,18,19). The fourth-order valence-corrected chi connectivity index (χ4v) is 2.98. The third kappa shape index (κ3) is 4.20. The fraction of sp³-hybridized carbons (Fsp3) is 0.176. The number of hydrogen-bond donors (Lipinski definition) is 1. The van der Waals surface area contributed by atoms with Crippen LogP contribution < -0.4 is 9.50 Å². The molecule has 0 fully saturated rings. The molecule has 0 bridgehead atoms. The van der Waals surface area contributed by atoms with E-state index >= 15 is 0 Å². The van der Waals surface area contributed by atoms with Gasteiger partial charge in [-0.3, -0.25) is 9.59 Å². The lowest BCUT2D eigenvalue weighted by Gasteiger charge is -2.11. The number of carbonyl (C=O) groups excluding carboxylic acids is 2. The smallest absolute Gasteiger partial charge is 0.339 e. The molecule has 0 aliphatic carbocycles. The molecule has 0 spiro atoms. The van der Waals surface area contributed by atoms with E-state index in [1.54, 1.807) is 19.1 Å².